The van der Waals surface area contributed by atoms with Gasteiger partial charge in [-0.15, -0.1) is 0 Å². The molecule has 0 aromatic heterocycles. The lowest BCUT2D eigenvalue weighted by molar-refractivity contribution is -0.332. The van der Waals surface area contributed by atoms with Gasteiger partial charge in [-0.3, -0.25) is 9.59 Å². The lowest BCUT2D eigenvalue weighted by atomic mass is 9.98. The minimum absolute atomic E-state index is 0.173. The van der Waals surface area contributed by atoms with E-state index in [1.807, 2.05) is 0 Å². The van der Waals surface area contributed by atoms with Crippen LogP contribution in [0.3, 0.4) is 0 Å². The molecule has 0 aromatic rings. The molecule has 0 amide bonds. The van der Waals surface area contributed by atoms with Crippen LogP contribution in [0.15, 0.2) is 0 Å². The first-order valence-corrected chi connectivity index (χ1v) is 25.1. The lowest BCUT2D eigenvalue weighted by Gasteiger charge is -2.42. The maximum absolute atomic E-state index is 13.0. The van der Waals surface area contributed by atoms with Gasteiger partial charge in [0.2, 0.25) is 0 Å². The highest BCUT2D eigenvalue weighted by Crippen LogP contribution is 2.26. The standard InChI is InChI=1S/C48H90O15/c1-3-5-7-9-11-13-15-17-19-20-22-24-26-28-30-39(50)58-33-36(61-40(51)31-29-27-25-23-21-18-16-14-12-10-8-6-4-2)34-59-47-46(57)44(55)42(53)38(63-47)35-60-48-45(56)43(54)41(52)37(32-49)62-48/h36-38,41-49,52-57H,3-35H2,1-2H3/t36-,37-,38-,41+,42+,43?,44?,45?,46?,47-,48+/m1/s1. The Labute approximate surface area is 378 Å². The van der Waals surface area contributed by atoms with Crippen LogP contribution in [0.1, 0.15) is 200 Å². The number of unbranched alkanes of at least 4 members (excludes halogenated alkanes) is 25. The van der Waals surface area contributed by atoms with Crippen LogP contribution >= 0.6 is 0 Å². The second-order valence-corrected chi connectivity index (χ2v) is 18.0. The summed E-state index contributed by atoms with van der Waals surface area (Å²) in [6.45, 7) is 2.61. The van der Waals surface area contributed by atoms with Gasteiger partial charge in [-0.05, 0) is 12.8 Å². The topological polar surface area (TPSA) is 231 Å². The summed E-state index contributed by atoms with van der Waals surface area (Å²) in [5.74, 6) is -0.912. The molecule has 0 spiro atoms. The largest absolute Gasteiger partial charge is 0.462 e. The average molecular weight is 907 g/mol. The SMILES string of the molecule is CCCCCCCCCCCCCCCCC(=O)OC[C@H](CO[C@@H]1O[C@H](CO[C@H]2O[C@H](CO)[C@H](O)C(O)C2O)[C@H](O)C(O)C1O)OC(=O)CCCCCCCCCCCCCCC. The molecule has 4 unspecified atom stereocenters. The minimum Gasteiger partial charge on any atom is -0.462 e. The molecule has 2 aliphatic heterocycles. The van der Waals surface area contributed by atoms with E-state index >= 15 is 0 Å². The Morgan fingerprint density at radius 3 is 1.24 bits per heavy atom. The van der Waals surface area contributed by atoms with E-state index in [0.29, 0.717) is 12.8 Å². The third-order valence-electron chi connectivity index (χ3n) is 12.3. The number of aliphatic hydroxyl groups is 7. The van der Waals surface area contributed by atoms with Gasteiger partial charge >= 0.3 is 11.9 Å². The fourth-order valence-corrected chi connectivity index (χ4v) is 8.16. The lowest BCUT2D eigenvalue weighted by Crippen LogP contribution is -2.61. The predicted octanol–water partition coefficient (Wildman–Crippen LogP) is 6.43. The summed E-state index contributed by atoms with van der Waals surface area (Å²) in [5.41, 5.74) is 0. The first kappa shape index (κ1) is 57.6. The fraction of sp³-hybridized carbons (Fsp3) is 0.958. The van der Waals surface area contributed by atoms with Gasteiger partial charge in [0.1, 0.15) is 55.4 Å². The van der Waals surface area contributed by atoms with Crippen LogP contribution in [0.4, 0.5) is 0 Å². The Morgan fingerprint density at radius 2 is 0.810 bits per heavy atom. The van der Waals surface area contributed by atoms with Crippen molar-refractivity contribution in [2.75, 3.05) is 26.4 Å². The van der Waals surface area contributed by atoms with Crippen LogP contribution in [0.25, 0.3) is 0 Å². The van der Waals surface area contributed by atoms with Crippen LogP contribution < -0.4 is 0 Å². The summed E-state index contributed by atoms with van der Waals surface area (Å²) in [5, 5.41) is 72.0. The number of hydrogen-bond donors (Lipinski definition) is 7. The van der Waals surface area contributed by atoms with Crippen LogP contribution in [0.5, 0.6) is 0 Å². The molecular formula is C48H90O15. The monoisotopic (exact) mass is 907 g/mol. The number of hydrogen-bond acceptors (Lipinski definition) is 15. The maximum Gasteiger partial charge on any atom is 0.306 e. The Balaban J connectivity index is 1.82. The number of carbonyl (C=O) groups is 2. The van der Waals surface area contributed by atoms with Crippen molar-refractivity contribution in [2.45, 2.75) is 268 Å². The van der Waals surface area contributed by atoms with Gasteiger partial charge < -0.3 is 64.2 Å². The van der Waals surface area contributed by atoms with Crippen molar-refractivity contribution in [3.8, 4) is 0 Å². The second-order valence-electron chi connectivity index (χ2n) is 18.0. The van der Waals surface area contributed by atoms with Crippen molar-refractivity contribution < 1.29 is 73.8 Å². The van der Waals surface area contributed by atoms with Gasteiger partial charge in [0, 0.05) is 12.8 Å². The van der Waals surface area contributed by atoms with E-state index in [-0.39, 0.29) is 26.1 Å². The van der Waals surface area contributed by atoms with Crippen molar-refractivity contribution in [3.63, 3.8) is 0 Å². The molecule has 0 bridgehead atoms. The summed E-state index contributed by atoms with van der Waals surface area (Å²) in [6, 6.07) is 0. The maximum atomic E-state index is 13.0. The molecule has 2 rings (SSSR count). The number of aliphatic hydroxyl groups excluding tert-OH is 7. The first-order valence-electron chi connectivity index (χ1n) is 25.1. The molecule has 372 valence electrons. The highest BCUT2D eigenvalue weighted by Gasteiger charge is 2.47. The molecule has 2 fully saturated rings. The van der Waals surface area contributed by atoms with E-state index in [0.717, 1.165) is 38.5 Å². The summed E-state index contributed by atoms with van der Waals surface area (Å²) >= 11 is 0. The van der Waals surface area contributed by atoms with Gasteiger partial charge in [-0.2, -0.15) is 0 Å². The molecule has 7 N–H and O–H groups in total. The minimum atomic E-state index is -1.76. The van der Waals surface area contributed by atoms with Crippen LogP contribution in [0, 0.1) is 0 Å². The van der Waals surface area contributed by atoms with Crippen molar-refractivity contribution in [3.05, 3.63) is 0 Å². The highest BCUT2D eigenvalue weighted by atomic mass is 16.7. The van der Waals surface area contributed by atoms with Gasteiger partial charge in [-0.25, -0.2) is 0 Å². The van der Waals surface area contributed by atoms with Crippen molar-refractivity contribution in [1.29, 1.82) is 0 Å². The number of ether oxygens (including phenoxy) is 6. The zero-order valence-corrected chi connectivity index (χ0v) is 39.1. The van der Waals surface area contributed by atoms with Crippen molar-refractivity contribution >= 4 is 11.9 Å². The van der Waals surface area contributed by atoms with E-state index in [2.05, 4.69) is 13.8 Å². The smallest absolute Gasteiger partial charge is 0.306 e. The van der Waals surface area contributed by atoms with E-state index in [9.17, 15) is 45.3 Å². The highest BCUT2D eigenvalue weighted by molar-refractivity contribution is 5.70. The van der Waals surface area contributed by atoms with E-state index < -0.39 is 92.7 Å². The molecule has 2 saturated heterocycles. The molecule has 0 aromatic carbocycles. The average Bonchev–Trinajstić information content (AvgIpc) is 3.28. The molecule has 2 heterocycles. The van der Waals surface area contributed by atoms with E-state index in [1.54, 1.807) is 0 Å². The number of carbonyl (C=O) groups excluding carboxylic acids is 2. The molecule has 15 nitrogen and oxygen atoms in total. The summed E-state index contributed by atoms with van der Waals surface area (Å²) in [4.78, 5) is 25.7. The molecule has 15 heteroatoms. The van der Waals surface area contributed by atoms with Gasteiger partial charge in [0.15, 0.2) is 18.7 Å². The Kier molecular flexibility index (Phi) is 33.5. The molecule has 0 aliphatic carbocycles. The molecular weight excluding hydrogens is 817 g/mol. The van der Waals surface area contributed by atoms with Crippen LogP contribution in [0.2, 0.25) is 0 Å². The van der Waals surface area contributed by atoms with Gasteiger partial charge in [-0.1, -0.05) is 174 Å². The van der Waals surface area contributed by atoms with Gasteiger partial charge in [0.05, 0.1) is 19.8 Å². The number of rotatable bonds is 39. The predicted molar refractivity (Wildman–Crippen MR) is 238 cm³/mol. The molecule has 11 atom stereocenters. The third-order valence-corrected chi connectivity index (χ3v) is 12.3. The summed E-state index contributed by atoms with van der Waals surface area (Å²) < 4.78 is 33.5. The zero-order chi connectivity index (χ0) is 46.1. The van der Waals surface area contributed by atoms with Crippen molar-refractivity contribution in [2.24, 2.45) is 0 Å². The molecule has 0 radical (unpaired) electrons. The van der Waals surface area contributed by atoms with Crippen LogP contribution in [-0.4, -0.2) is 142 Å². The Hall–Kier alpha value is -1.50. The Morgan fingerprint density at radius 1 is 0.444 bits per heavy atom. The zero-order valence-electron chi connectivity index (χ0n) is 39.1. The third kappa shape index (κ3) is 25.3. The summed E-state index contributed by atoms with van der Waals surface area (Å²) in [7, 11) is 0. The molecule has 0 saturated carbocycles. The Bertz CT molecular complexity index is 1110. The number of esters is 2. The molecule has 63 heavy (non-hydrogen) atoms. The first-order chi connectivity index (χ1) is 30.5. The van der Waals surface area contributed by atoms with E-state index in [4.69, 9.17) is 28.4 Å². The quantitative estimate of drug-likeness (QED) is 0.0260. The summed E-state index contributed by atoms with van der Waals surface area (Å²) in [6.07, 6.45) is 15.6. The van der Waals surface area contributed by atoms with Crippen LogP contribution in [-0.2, 0) is 38.0 Å². The second kappa shape index (κ2) is 36.6. The van der Waals surface area contributed by atoms with Crippen molar-refractivity contribution in [1.82, 2.24) is 0 Å². The van der Waals surface area contributed by atoms with E-state index in [1.165, 1.54) is 122 Å². The molecule has 2 aliphatic rings. The normalized spacial score (nSPS) is 26.7. The van der Waals surface area contributed by atoms with Gasteiger partial charge in [0.25, 0.3) is 0 Å². The fourth-order valence-electron chi connectivity index (χ4n) is 8.16.